The molecule has 2 atom stereocenters. The minimum absolute atomic E-state index is 0.0119. The number of nitrogens with zero attached hydrogens (tertiary/aromatic N) is 1. The van der Waals surface area contributed by atoms with Gasteiger partial charge >= 0.3 is 0 Å². The van der Waals surface area contributed by atoms with Crippen LogP contribution in [-0.4, -0.2) is 35.9 Å². The minimum atomic E-state index is -0.563. The zero-order chi connectivity index (χ0) is 13.5. The Balaban J connectivity index is 2.74. The van der Waals surface area contributed by atoms with E-state index in [4.69, 9.17) is 5.73 Å². The smallest absolute Gasteiger partial charge is 0.244 e. The molecule has 3 nitrogen and oxygen atoms in total. The third kappa shape index (κ3) is 3.75. The predicted octanol–water partition coefficient (Wildman–Crippen LogP) is 2.29. The van der Waals surface area contributed by atoms with Crippen molar-refractivity contribution in [2.24, 2.45) is 5.73 Å². The molecule has 100 valence electrons. The van der Waals surface area contributed by atoms with Crippen LogP contribution in [0.1, 0.15) is 24.9 Å². The quantitative estimate of drug-likeness (QED) is 0.859. The van der Waals surface area contributed by atoms with Crippen molar-refractivity contribution >= 4 is 17.7 Å². The predicted molar refractivity (Wildman–Crippen MR) is 78.6 cm³/mol. The molecule has 2 N–H and O–H groups in total. The van der Waals surface area contributed by atoms with Gasteiger partial charge in [-0.25, -0.2) is 0 Å². The van der Waals surface area contributed by atoms with Gasteiger partial charge in [-0.3, -0.25) is 4.79 Å². The van der Waals surface area contributed by atoms with Crippen LogP contribution in [0, 0.1) is 0 Å². The Morgan fingerprint density at radius 3 is 2.50 bits per heavy atom. The summed E-state index contributed by atoms with van der Waals surface area (Å²) in [5.41, 5.74) is 6.90. The average Bonchev–Trinajstić information content (AvgIpc) is 2.43. The van der Waals surface area contributed by atoms with Crippen molar-refractivity contribution in [2.45, 2.75) is 25.4 Å². The van der Waals surface area contributed by atoms with Crippen LogP contribution in [0.15, 0.2) is 30.3 Å². The van der Waals surface area contributed by atoms with E-state index in [-0.39, 0.29) is 11.9 Å². The van der Waals surface area contributed by atoms with Crippen LogP contribution in [-0.2, 0) is 4.79 Å². The fourth-order valence-electron chi connectivity index (χ4n) is 1.90. The lowest BCUT2D eigenvalue weighted by molar-refractivity contribution is -0.133. The second-order valence-electron chi connectivity index (χ2n) is 4.35. The van der Waals surface area contributed by atoms with Crippen LogP contribution in [0.2, 0.25) is 0 Å². The Morgan fingerprint density at radius 1 is 1.39 bits per heavy atom. The van der Waals surface area contributed by atoms with E-state index >= 15 is 0 Å². The molecular weight excluding hydrogens is 244 g/mol. The maximum Gasteiger partial charge on any atom is 0.244 e. The highest BCUT2D eigenvalue weighted by atomic mass is 32.2. The summed E-state index contributed by atoms with van der Waals surface area (Å²) in [6, 6.07) is 9.21. The highest BCUT2D eigenvalue weighted by molar-refractivity contribution is 7.98. The zero-order valence-corrected chi connectivity index (χ0v) is 12.1. The Labute approximate surface area is 114 Å². The van der Waals surface area contributed by atoms with Gasteiger partial charge < -0.3 is 10.6 Å². The summed E-state index contributed by atoms with van der Waals surface area (Å²) in [6.45, 7) is 2.10. The molecule has 0 radical (unpaired) electrons. The second-order valence-corrected chi connectivity index (χ2v) is 5.27. The lowest BCUT2D eigenvalue weighted by Crippen LogP contribution is -2.43. The standard InChI is InChI=1S/C14H22N2OS/c1-4-12(10-18-3)16(2)14(17)13(15)11-8-6-5-7-9-11/h5-9,12-13H,4,10,15H2,1-3H3/t12?,13-/m1/s1. The van der Waals surface area contributed by atoms with E-state index in [0.29, 0.717) is 0 Å². The lowest BCUT2D eigenvalue weighted by atomic mass is 10.1. The summed E-state index contributed by atoms with van der Waals surface area (Å²) in [5, 5.41) is 0. The van der Waals surface area contributed by atoms with E-state index in [0.717, 1.165) is 17.7 Å². The van der Waals surface area contributed by atoms with E-state index < -0.39 is 6.04 Å². The van der Waals surface area contributed by atoms with Gasteiger partial charge in [0.15, 0.2) is 0 Å². The van der Waals surface area contributed by atoms with E-state index in [1.807, 2.05) is 37.4 Å². The molecular formula is C14H22N2OS. The molecule has 1 aromatic rings. The van der Waals surface area contributed by atoms with Crippen LogP contribution in [0.25, 0.3) is 0 Å². The number of amides is 1. The molecule has 18 heavy (non-hydrogen) atoms. The zero-order valence-electron chi connectivity index (χ0n) is 11.3. The number of likely N-dealkylation sites (N-methyl/N-ethyl adjacent to an activating group) is 1. The van der Waals surface area contributed by atoms with Crippen molar-refractivity contribution in [2.75, 3.05) is 19.1 Å². The van der Waals surface area contributed by atoms with Crippen molar-refractivity contribution < 1.29 is 4.79 Å². The number of carbonyl (C=O) groups is 1. The molecule has 0 bridgehead atoms. The maximum atomic E-state index is 12.3. The van der Waals surface area contributed by atoms with Gasteiger partial charge in [0, 0.05) is 18.8 Å². The highest BCUT2D eigenvalue weighted by Crippen LogP contribution is 2.16. The van der Waals surface area contributed by atoms with E-state index in [1.165, 1.54) is 0 Å². The fraction of sp³-hybridized carbons (Fsp3) is 0.500. The largest absolute Gasteiger partial charge is 0.340 e. The van der Waals surface area contributed by atoms with Crippen molar-refractivity contribution in [1.29, 1.82) is 0 Å². The first kappa shape index (κ1) is 15.1. The molecule has 0 aliphatic heterocycles. The van der Waals surface area contributed by atoms with Crippen molar-refractivity contribution in [3.63, 3.8) is 0 Å². The average molecular weight is 266 g/mol. The van der Waals surface area contributed by atoms with E-state index in [9.17, 15) is 4.79 Å². The molecule has 0 aliphatic carbocycles. The molecule has 0 heterocycles. The van der Waals surface area contributed by atoms with E-state index in [2.05, 4.69) is 13.2 Å². The van der Waals surface area contributed by atoms with Gasteiger partial charge in [0.2, 0.25) is 5.91 Å². The number of carbonyl (C=O) groups excluding carboxylic acids is 1. The molecule has 0 aromatic heterocycles. The summed E-state index contributed by atoms with van der Waals surface area (Å²) in [6.07, 6.45) is 3.00. The number of hydrogen-bond donors (Lipinski definition) is 1. The SMILES string of the molecule is CCC(CSC)N(C)C(=O)[C@H](N)c1ccccc1. The van der Waals surface area contributed by atoms with Crippen molar-refractivity contribution in [1.82, 2.24) is 4.90 Å². The molecule has 0 aliphatic rings. The highest BCUT2D eigenvalue weighted by Gasteiger charge is 2.24. The maximum absolute atomic E-state index is 12.3. The molecule has 1 aromatic carbocycles. The molecule has 1 amide bonds. The van der Waals surface area contributed by atoms with Gasteiger partial charge in [-0.1, -0.05) is 37.3 Å². The first-order chi connectivity index (χ1) is 8.61. The topological polar surface area (TPSA) is 46.3 Å². The molecule has 1 rings (SSSR count). The van der Waals surface area contributed by atoms with Gasteiger partial charge in [0.25, 0.3) is 0 Å². The summed E-state index contributed by atoms with van der Waals surface area (Å²) in [7, 11) is 1.84. The number of rotatable bonds is 6. The summed E-state index contributed by atoms with van der Waals surface area (Å²) in [4.78, 5) is 14.1. The third-order valence-corrected chi connectivity index (χ3v) is 3.87. The van der Waals surface area contributed by atoms with Crippen LogP contribution in [0.4, 0.5) is 0 Å². The van der Waals surface area contributed by atoms with Crippen molar-refractivity contribution in [3.05, 3.63) is 35.9 Å². The first-order valence-corrected chi connectivity index (χ1v) is 7.57. The normalized spacial score (nSPS) is 14.0. The summed E-state index contributed by atoms with van der Waals surface area (Å²) in [5.74, 6) is 0.933. The molecule has 0 spiro atoms. The Kier molecular flexibility index (Phi) is 6.22. The Bertz CT molecular complexity index is 369. The Hall–Kier alpha value is -1.00. The van der Waals surface area contributed by atoms with Crippen LogP contribution in [0.3, 0.4) is 0 Å². The monoisotopic (exact) mass is 266 g/mol. The van der Waals surface area contributed by atoms with Crippen molar-refractivity contribution in [3.8, 4) is 0 Å². The van der Waals surface area contributed by atoms with Gasteiger partial charge in [-0.15, -0.1) is 0 Å². The van der Waals surface area contributed by atoms with Gasteiger partial charge in [0.1, 0.15) is 6.04 Å². The number of benzene rings is 1. The van der Waals surface area contributed by atoms with Crippen LogP contribution >= 0.6 is 11.8 Å². The third-order valence-electron chi connectivity index (χ3n) is 3.15. The number of thioether (sulfide) groups is 1. The molecule has 0 saturated heterocycles. The molecule has 0 fully saturated rings. The van der Waals surface area contributed by atoms with Crippen LogP contribution < -0.4 is 5.73 Å². The van der Waals surface area contributed by atoms with Crippen LogP contribution in [0.5, 0.6) is 0 Å². The van der Waals surface area contributed by atoms with Gasteiger partial charge in [0.05, 0.1) is 0 Å². The Morgan fingerprint density at radius 2 is 2.00 bits per heavy atom. The summed E-state index contributed by atoms with van der Waals surface area (Å²) >= 11 is 1.75. The number of hydrogen-bond acceptors (Lipinski definition) is 3. The molecule has 4 heteroatoms. The summed E-state index contributed by atoms with van der Waals surface area (Å²) < 4.78 is 0. The van der Waals surface area contributed by atoms with Gasteiger partial charge in [-0.05, 0) is 18.2 Å². The lowest BCUT2D eigenvalue weighted by Gasteiger charge is -2.29. The minimum Gasteiger partial charge on any atom is -0.340 e. The van der Waals surface area contributed by atoms with Gasteiger partial charge in [-0.2, -0.15) is 11.8 Å². The molecule has 1 unspecified atom stereocenters. The second kappa shape index (κ2) is 7.44. The molecule has 0 saturated carbocycles. The number of nitrogens with two attached hydrogens (primary N) is 1. The first-order valence-electron chi connectivity index (χ1n) is 6.18. The van der Waals surface area contributed by atoms with E-state index in [1.54, 1.807) is 16.7 Å². The fourth-order valence-corrected chi connectivity index (χ4v) is 2.74.